The Morgan fingerprint density at radius 1 is 0.744 bits per heavy atom. The molecule has 0 aromatic heterocycles. The second-order valence-electron chi connectivity index (χ2n) is 31.4. The summed E-state index contributed by atoms with van der Waals surface area (Å²) in [6.07, 6.45) is 28.4. The van der Waals surface area contributed by atoms with Gasteiger partial charge in [-0.25, -0.2) is 4.79 Å². The average Bonchev–Trinajstić information content (AvgIpc) is 1.49. The molecule has 444 valence electrons. The number of fused-ring (bicyclic) bond motifs is 7. The SMILES string of the molecule is CC(=O)c1c(C)c(O)c2cc(C(=O)O)cc(O[C@@H]3O[C@@H]4[C@H](O)C5(CCCC5)C[C@H]5O[C@@]4(C[C@@H]4C6=C5CC=C6[C@]5(CCO)COC[C@@H]6C[C@@]7(C[C@H]4[C@H]65)CC4(CCCC4)[C@]4(CC5(CCCC5)C[C@@]45CCC4(CCCC4)C5)C7)[C@H](O)[C@H]3O)c2c1O. The molecule has 2 aromatic carbocycles. The van der Waals surface area contributed by atoms with Crippen LogP contribution in [0.15, 0.2) is 34.9 Å². The summed E-state index contributed by atoms with van der Waals surface area (Å²) in [5.74, 6) is -2.53. The number of carboxylic acids is 1. The molecule has 10 aliphatic carbocycles. The predicted molar refractivity (Wildman–Crippen MR) is 304 cm³/mol. The number of benzene rings is 2. The van der Waals surface area contributed by atoms with Crippen LogP contribution in [0.1, 0.15) is 219 Å². The average molecular weight is 1130 g/mol. The Hall–Kier alpha value is -3.56. The summed E-state index contributed by atoms with van der Waals surface area (Å²) in [7, 11) is 0. The van der Waals surface area contributed by atoms with Gasteiger partial charge >= 0.3 is 5.97 Å². The van der Waals surface area contributed by atoms with Gasteiger partial charge in [-0.2, -0.15) is 0 Å². The van der Waals surface area contributed by atoms with Gasteiger partial charge < -0.3 is 54.7 Å². The van der Waals surface area contributed by atoms with Crippen molar-refractivity contribution in [1.29, 1.82) is 0 Å². The third-order valence-electron chi connectivity index (χ3n) is 28.0. The molecule has 16 rings (SSSR count). The van der Waals surface area contributed by atoms with E-state index in [2.05, 4.69) is 6.08 Å². The Kier molecular flexibility index (Phi) is 11.8. The fraction of sp³-hybridized carbons (Fsp3) is 0.768. The molecule has 2 bridgehead atoms. The lowest BCUT2D eigenvalue weighted by Crippen LogP contribution is -2.72. The first-order valence-corrected chi connectivity index (χ1v) is 32.8. The Balaban J connectivity index is 0.833. The topological polar surface area (TPSA) is 213 Å². The minimum Gasteiger partial charge on any atom is -0.507 e. The van der Waals surface area contributed by atoms with Gasteiger partial charge in [0.1, 0.15) is 41.2 Å². The molecule has 15 atom stereocenters. The van der Waals surface area contributed by atoms with Gasteiger partial charge in [-0.05, 0) is 234 Å². The highest BCUT2D eigenvalue weighted by Crippen LogP contribution is 2.87. The molecule has 14 aliphatic rings. The largest absolute Gasteiger partial charge is 0.507 e. The number of phenolic OH excluding ortho intramolecular Hbond substituents is 2. The van der Waals surface area contributed by atoms with Crippen molar-refractivity contribution in [1.82, 2.24) is 0 Å². The maximum absolute atomic E-state index is 13.5. The van der Waals surface area contributed by atoms with Crippen molar-refractivity contribution in [2.24, 2.45) is 67.0 Å². The van der Waals surface area contributed by atoms with Crippen LogP contribution in [0, 0.1) is 73.9 Å². The lowest BCUT2D eigenvalue weighted by atomic mass is 9.42. The van der Waals surface area contributed by atoms with Gasteiger partial charge in [0.2, 0.25) is 6.29 Å². The number of carboxylic acid groups (broad SMARTS) is 1. The summed E-state index contributed by atoms with van der Waals surface area (Å²) in [6, 6.07) is 2.38. The van der Waals surface area contributed by atoms with Gasteiger partial charge in [0.05, 0.1) is 35.3 Å². The van der Waals surface area contributed by atoms with E-state index in [0.717, 1.165) is 38.5 Å². The van der Waals surface area contributed by atoms with E-state index in [1.54, 1.807) is 0 Å². The highest BCUT2D eigenvalue weighted by Gasteiger charge is 2.79. The molecule has 9 saturated carbocycles. The highest BCUT2D eigenvalue weighted by atomic mass is 16.7. The zero-order valence-electron chi connectivity index (χ0n) is 48.7. The van der Waals surface area contributed by atoms with Gasteiger partial charge in [-0.1, -0.05) is 57.4 Å². The number of phenols is 2. The number of aromatic carboxylic acids is 1. The number of hydrogen-bond acceptors (Lipinski definition) is 12. The summed E-state index contributed by atoms with van der Waals surface area (Å²) >= 11 is 0. The first kappa shape index (κ1) is 53.9. The molecule has 82 heavy (non-hydrogen) atoms. The van der Waals surface area contributed by atoms with E-state index < -0.39 is 71.1 Å². The van der Waals surface area contributed by atoms with Crippen LogP contribution in [-0.2, 0) is 14.2 Å². The number of allylic oxidation sites excluding steroid dienone is 2. The fourth-order valence-corrected chi connectivity index (χ4v) is 25.8. The fourth-order valence-electron chi connectivity index (χ4n) is 25.8. The number of Topliss-reactive ketones (excluding diaryl/α,β-unsaturated/α-hetero) is 1. The van der Waals surface area contributed by atoms with Crippen molar-refractivity contribution < 1.29 is 64.3 Å². The third-order valence-corrected chi connectivity index (χ3v) is 28.0. The van der Waals surface area contributed by atoms with Crippen molar-refractivity contribution in [3.63, 3.8) is 0 Å². The van der Waals surface area contributed by atoms with Crippen molar-refractivity contribution in [2.45, 2.75) is 242 Å². The Labute approximate surface area is 483 Å². The van der Waals surface area contributed by atoms with E-state index in [9.17, 15) is 45.3 Å². The molecule has 0 radical (unpaired) electrons. The number of aromatic hydroxyl groups is 2. The molecular weight excluding hydrogens is 1040 g/mol. The van der Waals surface area contributed by atoms with Crippen LogP contribution in [-0.4, -0.2) is 110 Å². The van der Waals surface area contributed by atoms with Crippen LogP contribution < -0.4 is 4.74 Å². The van der Waals surface area contributed by atoms with Crippen molar-refractivity contribution in [3.8, 4) is 17.2 Å². The normalized spacial score (nSPS) is 43.9. The van der Waals surface area contributed by atoms with E-state index in [1.165, 1.54) is 165 Å². The van der Waals surface area contributed by atoms with E-state index >= 15 is 0 Å². The third kappa shape index (κ3) is 6.94. The standard InChI is InChI=1S/C69H90O13/c1-38-49(39(2)71)54(73)51-43(53(38)72)25-40(59(77)78)26-47(51)80-60-55(74)56(75)69-29-44-45-28-63(34-65(19-9-10-20-65)68(36-63)35-62(15-5-6-16-62)33-66(68)22-21-61(32-66)13-3-4-14-61)27-41-31-79-37-67(23-24-70,52(41)45)46-12-11-42(50(44)46)48(82-69)30-64(17-7-8-18-64)57(76)58(69)81-60/h12,25-26,41,44-45,48,52,55-58,60,70,72-76H,3-11,13-24,27-37H2,1-2H3,(H,77,78)/t41-,44-,45+,48+,52-,55+,56+,57-,58+,60+,63+,66-,67-,68-,69-/m0/s1. The van der Waals surface area contributed by atoms with Crippen LogP contribution in [0.2, 0.25) is 0 Å². The number of aliphatic hydroxyl groups is 4. The second kappa shape index (κ2) is 18.0. The molecule has 0 amide bonds. The van der Waals surface area contributed by atoms with E-state index in [1.807, 2.05) is 0 Å². The Bertz CT molecular complexity index is 3090. The minimum absolute atomic E-state index is 0.0622. The number of carbonyl (C=O) groups is 2. The summed E-state index contributed by atoms with van der Waals surface area (Å²) < 4.78 is 28.5. The van der Waals surface area contributed by atoms with Crippen LogP contribution in [0.4, 0.5) is 0 Å². The quantitative estimate of drug-likeness (QED) is 0.106. The molecule has 4 heterocycles. The van der Waals surface area contributed by atoms with E-state index in [-0.39, 0.29) is 74.3 Å². The smallest absolute Gasteiger partial charge is 0.335 e. The van der Waals surface area contributed by atoms with Gasteiger partial charge in [0, 0.05) is 35.0 Å². The zero-order valence-corrected chi connectivity index (χ0v) is 48.7. The first-order valence-electron chi connectivity index (χ1n) is 32.8. The van der Waals surface area contributed by atoms with Crippen molar-refractivity contribution in [2.75, 3.05) is 19.8 Å². The second-order valence-corrected chi connectivity index (χ2v) is 31.4. The van der Waals surface area contributed by atoms with Gasteiger partial charge in [0.25, 0.3) is 0 Å². The number of rotatable bonds is 6. The van der Waals surface area contributed by atoms with Crippen LogP contribution >= 0.6 is 0 Å². The maximum Gasteiger partial charge on any atom is 0.335 e. The molecule has 13 nitrogen and oxygen atoms in total. The molecular formula is C69H90O13. The number of hydrogen-bond donors (Lipinski definition) is 7. The first-order chi connectivity index (χ1) is 39.3. The summed E-state index contributed by atoms with van der Waals surface area (Å²) in [4.78, 5) is 25.8. The predicted octanol–water partition coefficient (Wildman–Crippen LogP) is 11.8. The number of aliphatic hydroxyl groups excluding tert-OH is 4. The Morgan fingerprint density at radius 2 is 1.43 bits per heavy atom. The maximum atomic E-state index is 13.5. The van der Waals surface area contributed by atoms with Crippen LogP contribution in [0.3, 0.4) is 0 Å². The number of ether oxygens (including phenoxy) is 4. The van der Waals surface area contributed by atoms with Gasteiger partial charge in [-0.3, -0.25) is 4.79 Å². The molecule has 12 fully saturated rings. The molecule has 2 aromatic rings. The minimum atomic E-state index is -1.79. The lowest BCUT2D eigenvalue weighted by molar-refractivity contribution is -0.339. The Morgan fingerprint density at radius 3 is 2.15 bits per heavy atom. The monoisotopic (exact) mass is 1130 g/mol. The van der Waals surface area contributed by atoms with Crippen molar-refractivity contribution >= 4 is 22.5 Å². The summed E-state index contributed by atoms with van der Waals surface area (Å²) in [5, 5.41) is 84.7. The summed E-state index contributed by atoms with van der Waals surface area (Å²) in [6.45, 7) is 4.07. The lowest BCUT2D eigenvalue weighted by Gasteiger charge is -2.64. The molecule has 7 N–H and O–H groups in total. The summed E-state index contributed by atoms with van der Waals surface area (Å²) in [5.41, 5.74) is 2.90. The number of ketones is 1. The van der Waals surface area contributed by atoms with Crippen LogP contribution in [0.25, 0.3) is 10.8 Å². The van der Waals surface area contributed by atoms with E-state index in [0.29, 0.717) is 66.0 Å². The van der Waals surface area contributed by atoms with Gasteiger partial charge in [-0.15, -0.1) is 0 Å². The zero-order chi connectivity index (χ0) is 56.4. The highest BCUT2D eigenvalue weighted by molar-refractivity contribution is 6.11. The number of carbonyl (C=O) groups excluding carboxylic acids is 1. The van der Waals surface area contributed by atoms with Gasteiger partial charge in [0.15, 0.2) is 5.78 Å². The van der Waals surface area contributed by atoms with Crippen molar-refractivity contribution in [3.05, 3.63) is 51.6 Å². The molecule has 0 unspecified atom stereocenters. The molecule has 13 heteroatoms. The molecule has 4 aliphatic heterocycles. The van der Waals surface area contributed by atoms with Crippen LogP contribution in [0.5, 0.6) is 17.2 Å². The molecule has 3 saturated heterocycles. The molecule has 8 spiro atoms. The van der Waals surface area contributed by atoms with E-state index in [4.69, 9.17) is 18.9 Å².